The van der Waals surface area contributed by atoms with Crippen molar-refractivity contribution in [2.45, 2.75) is 19.9 Å². The van der Waals surface area contributed by atoms with Crippen molar-refractivity contribution < 1.29 is 9.18 Å². The summed E-state index contributed by atoms with van der Waals surface area (Å²) < 4.78 is 12.8. The Labute approximate surface area is 119 Å². The summed E-state index contributed by atoms with van der Waals surface area (Å²) in [6, 6.07) is 6.40. The van der Waals surface area contributed by atoms with Crippen LogP contribution in [0.5, 0.6) is 0 Å². The molecule has 0 saturated carbocycles. The number of halogens is 1. The highest BCUT2D eigenvalue weighted by molar-refractivity contribution is 5.92. The van der Waals surface area contributed by atoms with Crippen molar-refractivity contribution in [2.75, 3.05) is 38.0 Å². The minimum atomic E-state index is -0.298. The van der Waals surface area contributed by atoms with Gasteiger partial charge in [-0.05, 0) is 38.1 Å². The van der Waals surface area contributed by atoms with E-state index in [1.807, 2.05) is 0 Å². The maximum atomic E-state index is 12.8. The summed E-state index contributed by atoms with van der Waals surface area (Å²) in [6.07, 6.45) is 0. The van der Waals surface area contributed by atoms with Gasteiger partial charge >= 0.3 is 0 Å². The van der Waals surface area contributed by atoms with E-state index >= 15 is 0 Å². The van der Waals surface area contributed by atoms with E-state index in [4.69, 9.17) is 0 Å². The summed E-state index contributed by atoms with van der Waals surface area (Å²) in [5.74, 6) is -0.345. The van der Waals surface area contributed by atoms with Crippen LogP contribution >= 0.6 is 0 Å². The highest BCUT2D eigenvalue weighted by Gasteiger charge is 2.20. The molecule has 0 aromatic heterocycles. The van der Waals surface area contributed by atoms with Crippen LogP contribution in [0.15, 0.2) is 24.3 Å². The van der Waals surface area contributed by atoms with Crippen LogP contribution in [0.4, 0.5) is 10.1 Å². The van der Waals surface area contributed by atoms with Crippen molar-refractivity contribution in [1.82, 2.24) is 9.80 Å². The summed E-state index contributed by atoms with van der Waals surface area (Å²) in [4.78, 5) is 16.5. The van der Waals surface area contributed by atoms with Gasteiger partial charge in [-0.3, -0.25) is 14.6 Å². The van der Waals surface area contributed by atoms with E-state index in [0.717, 1.165) is 26.2 Å². The second-order valence-corrected chi connectivity index (χ2v) is 5.46. The fourth-order valence-corrected chi connectivity index (χ4v) is 2.37. The molecule has 1 aliphatic heterocycles. The number of anilines is 1. The molecular weight excluding hydrogens is 257 g/mol. The molecule has 0 aliphatic carbocycles. The van der Waals surface area contributed by atoms with Gasteiger partial charge in [0, 0.05) is 37.9 Å². The smallest absolute Gasteiger partial charge is 0.238 e. The third kappa shape index (κ3) is 4.28. The van der Waals surface area contributed by atoms with Crippen LogP contribution in [-0.2, 0) is 4.79 Å². The average molecular weight is 279 g/mol. The van der Waals surface area contributed by atoms with Gasteiger partial charge in [0.15, 0.2) is 0 Å². The number of nitrogens with zero attached hydrogens (tertiary/aromatic N) is 2. The fraction of sp³-hybridized carbons (Fsp3) is 0.533. The first-order chi connectivity index (χ1) is 9.54. The zero-order valence-electron chi connectivity index (χ0n) is 12.1. The van der Waals surface area contributed by atoms with Gasteiger partial charge in [-0.15, -0.1) is 0 Å². The number of amides is 1. The highest BCUT2D eigenvalue weighted by Crippen LogP contribution is 2.09. The van der Waals surface area contributed by atoms with Crippen molar-refractivity contribution in [2.24, 2.45) is 0 Å². The van der Waals surface area contributed by atoms with E-state index in [1.54, 1.807) is 12.1 Å². The average Bonchev–Trinajstić information content (AvgIpc) is 2.42. The zero-order valence-corrected chi connectivity index (χ0v) is 12.1. The molecule has 0 bridgehead atoms. The van der Waals surface area contributed by atoms with Crippen molar-refractivity contribution in [3.63, 3.8) is 0 Å². The molecule has 110 valence electrons. The van der Waals surface area contributed by atoms with E-state index in [2.05, 4.69) is 29.0 Å². The molecule has 0 spiro atoms. The number of carbonyl (C=O) groups excluding carboxylic acids is 1. The molecule has 1 aromatic carbocycles. The number of hydrogen-bond donors (Lipinski definition) is 1. The minimum absolute atomic E-state index is 0.0467. The maximum Gasteiger partial charge on any atom is 0.238 e. The first-order valence-electron chi connectivity index (χ1n) is 7.06. The van der Waals surface area contributed by atoms with Crippen LogP contribution in [0.1, 0.15) is 13.8 Å². The van der Waals surface area contributed by atoms with Gasteiger partial charge in [-0.2, -0.15) is 0 Å². The molecule has 0 unspecified atom stereocenters. The normalized spacial score (nSPS) is 17.4. The van der Waals surface area contributed by atoms with Gasteiger partial charge in [0.25, 0.3) is 0 Å². The van der Waals surface area contributed by atoms with Gasteiger partial charge in [-0.25, -0.2) is 4.39 Å². The molecule has 0 radical (unpaired) electrons. The van der Waals surface area contributed by atoms with E-state index in [-0.39, 0.29) is 11.7 Å². The second-order valence-electron chi connectivity index (χ2n) is 5.46. The van der Waals surface area contributed by atoms with E-state index < -0.39 is 0 Å². The Morgan fingerprint density at radius 2 is 1.80 bits per heavy atom. The Bertz CT molecular complexity index is 439. The molecule has 1 fully saturated rings. The fourth-order valence-electron chi connectivity index (χ4n) is 2.37. The molecule has 1 N–H and O–H groups in total. The lowest BCUT2D eigenvalue weighted by Crippen LogP contribution is -2.50. The number of benzene rings is 1. The summed E-state index contributed by atoms with van der Waals surface area (Å²) in [5.41, 5.74) is 0.636. The lowest BCUT2D eigenvalue weighted by Gasteiger charge is -2.36. The second kappa shape index (κ2) is 6.81. The first-order valence-corrected chi connectivity index (χ1v) is 7.06. The van der Waals surface area contributed by atoms with Crippen molar-refractivity contribution in [1.29, 1.82) is 0 Å². The Morgan fingerprint density at radius 1 is 1.20 bits per heavy atom. The van der Waals surface area contributed by atoms with Crippen molar-refractivity contribution >= 4 is 11.6 Å². The maximum absolute atomic E-state index is 12.8. The number of rotatable bonds is 4. The summed E-state index contributed by atoms with van der Waals surface area (Å²) in [5, 5.41) is 2.79. The zero-order chi connectivity index (χ0) is 14.5. The standard InChI is InChI=1S/C15H22FN3O/c1-12(2)19-9-7-18(8-10-19)11-15(20)17-14-5-3-13(16)4-6-14/h3-6,12H,7-11H2,1-2H3,(H,17,20). The van der Waals surface area contributed by atoms with Gasteiger partial charge < -0.3 is 5.32 Å². The van der Waals surface area contributed by atoms with Gasteiger partial charge in [0.05, 0.1) is 6.54 Å². The van der Waals surface area contributed by atoms with Crippen LogP contribution in [0.2, 0.25) is 0 Å². The first kappa shape index (κ1) is 14.9. The molecule has 1 amide bonds. The van der Waals surface area contributed by atoms with E-state index in [9.17, 15) is 9.18 Å². The van der Waals surface area contributed by atoms with Crippen LogP contribution in [-0.4, -0.2) is 54.5 Å². The lowest BCUT2D eigenvalue weighted by molar-refractivity contribution is -0.117. The molecular formula is C15H22FN3O. The molecule has 0 atom stereocenters. The lowest BCUT2D eigenvalue weighted by atomic mass is 10.2. The van der Waals surface area contributed by atoms with Gasteiger partial charge in [0.1, 0.15) is 5.82 Å². The molecule has 20 heavy (non-hydrogen) atoms. The Balaban J connectivity index is 1.77. The molecule has 5 heteroatoms. The molecule has 1 saturated heterocycles. The van der Waals surface area contributed by atoms with Crippen LogP contribution in [0, 0.1) is 5.82 Å². The minimum Gasteiger partial charge on any atom is -0.325 e. The number of hydrogen-bond acceptors (Lipinski definition) is 3. The largest absolute Gasteiger partial charge is 0.325 e. The highest BCUT2D eigenvalue weighted by atomic mass is 19.1. The molecule has 1 heterocycles. The molecule has 2 rings (SSSR count). The number of nitrogens with one attached hydrogen (secondary N) is 1. The molecule has 1 aromatic rings. The van der Waals surface area contributed by atoms with E-state index in [0.29, 0.717) is 18.3 Å². The molecule has 4 nitrogen and oxygen atoms in total. The molecule has 1 aliphatic rings. The Kier molecular flexibility index (Phi) is 5.09. The van der Waals surface area contributed by atoms with Gasteiger partial charge in [0.2, 0.25) is 5.91 Å². The number of piperazine rings is 1. The van der Waals surface area contributed by atoms with Crippen molar-refractivity contribution in [3.8, 4) is 0 Å². The summed E-state index contributed by atoms with van der Waals surface area (Å²) >= 11 is 0. The van der Waals surface area contributed by atoms with Gasteiger partial charge in [-0.1, -0.05) is 0 Å². The predicted molar refractivity (Wildman–Crippen MR) is 78.2 cm³/mol. The SMILES string of the molecule is CC(C)N1CCN(CC(=O)Nc2ccc(F)cc2)CC1. The topological polar surface area (TPSA) is 35.6 Å². The summed E-state index contributed by atoms with van der Waals surface area (Å²) in [6.45, 7) is 8.60. The monoisotopic (exact) mass is 279 g/mol. The van der Waals surface area contributed by atoms with Crippen LogP contribution in [0.25, 0.3) is 0 Å². The Hall–Kier alpha value is -1.46. The third-order valence-corrected chi connectivity index (χ3v) is 3.63. The number of carbonyl (C=O) groups is 1. The van der Waals surface area contributed by atoms with Crippen molar-refractivity contribution in [3.05, 3.63) is 30.1 Å². The van der Waals surface area contributed by atoms with Crippen LogP contribution in [0.3, 0.4) is 0 Å². The third-order valence-electron chi connectivity index (χ3n) is 3.63. The predicted octanol–water partition coefficient (Wildman–Crippen LogP) is 1.79. The van der Waals surface area contributed by atoms with E-state index in [1.165, 1.54) is 12.1 Å². The summed E-state index contributed by atoms with van der Waals surface area (Å²) in [7, 11) is 0. The van der Waals surface area contributed by atoms with Crippen LogP contribution < -0.4 is 5.32 Å². The quantitative estimate of drug-likeness (QED) is 0.912. The Morgan fingerprint density at radius 3 is 2.35 bits per heavy atom.